The molecule has 1 saturated carbocycles. The van der Waals surface area contributed by atoms with Crippen molar-refractivity contribution in [3.05, 3.63) is 57.8 Å². The van der Waals surface area contributed by atoms with Gasteiger partial charge in [0, 0.05) is 10.8 Å². The molecule has 22 heavy (non-hydrogen) atoms. The van der Waals surface area contributed by atoms with Crippen LogP contribution in [-0.4, -0.2) is 11.6 Å². The van der Waals surface area contributed by atoms with Gasteiger partial charge in [-0.05, 0) is 43.4 Å². The Balaban J connectivity index is 1.58. The molecule has 0 radical (unpaired) electrons. The van der Waals surface area contributed by atoms with E-state index in [1.54, 1.807) is 11.3 Å². The average Bonchev–Trinajstić information content (AvgIpc) is 3.22. The lowest BCUT2D eigenvalue weighted by molar-refractivity contribution is -0.122. The molecule has 1 amide bonds. The third-order valence-electron chi connectivity index (χ3n) is 4.06. The number of aryl methyl sites for hydroxylation is 1. The number of rotatable bonds is 5. The molecule has 1 heterocycles. The molecule has 1 aliphatic rings. The van der Waals surface area contributed by atoms with Gasteiger partial charge in [0.25, 0.3) is 0 Å². The summed E-state index contributed by atoms with van der Waals surface area (Å²) in [7, 11) is 0. The second-order valence-electron chi connectivity index (χ2n) is 5.65. The minimum atomic E-state index is 0.0282. The third-order valence-corrected chi connectivity index (χ3v) is 5.39. The van der Waals surface area contributed by atoms with Crippen molar-refractivity contribution in [3.8, 4) is 0 Å². The van der Waals surface area contributed by atoms with E-state index in [9.17, 15) is 4.79 Å². The number of carbonyl (C=O) groups excluding carboxylic acids is 1. The summed E-state index contributed by atoms with van der Waals surface area (Å²) in [6.45, 7) is 4.08. The van der Waals surface area contributed by atoms with E-state index in [2.05, 4.69) is 41.7 Å². The molecule has 3 nitrogen and oxygen atoms in total. The standard InChI is InChI=1S/C18H20N2OS/c1-3-14-9-10-17(22-14)12(2)19-20-18(21)16-11-15(16)13-7-5-4-6-8-13/h4-10,15-16H,3,11H2,1-2H3,(H,20,21)/b19-12+. The van der Waals surface area contributed by atoms with Gasteiger partial charge in [0.05, 0.1) is 10.6 Å². The first-order valence-corrected chi connectivity index (χ1v) is 8.49. The fourth-order valence-electron chi connectivity index (χ4n) is 2.59. The van der Waals surface area contributed by atoms with Crippen LogP contribution in [0.5, 0.6) is 0 Å². The largest absolute Gasteiger partial charge is 0.273 e. The first-order chi connectivity index (χ1) is 10.7. The molecular weight excluding hydrogens is 292 g/mol. The highest BCUT2D eigenvalue weighted by molar-refractivity contribution is 7.14. The van der Waals surface area contributed by atoms with Gasteiger partial charge >= 0.3 is 0 Å². The van der Waals surface area contributed by atoms with Crippen LogP contribution in [0, 0.1) is 5.92 Å². The maximum absolute atomic E-state index is 12.2. The Labute approximate surface area is 135 Å². The molecule has 2 unspecified atom stereocenters. The van der Waals surface area contributed by atoms with Crippen molar-refractivity contribution in [2.45, 2.75) is 32.6 Å². The number of thiophene rings is 1. The zero-order chi connectivity index (χ0) is 15.5. The van der Waals surface area contributed by atoms with Crippen LogP contribution in [0.4, 0.5) is 0 Å². The maximum Gasteiger partial charge on any atom is 0.243 e. The fourth-order valence-corrected chi connectivity index (χ4v) is 3.49. The number of hydrazone groups is 1. The van der Waals surface area contributed by atoms with Crippen molar-refractivity contribution >= 4 is 23.0 Å². The molecule has 3 rings (SSSR count). The molecule has 1 aromatic carbocycles. The molecule has 2 aromatic rings. The Morgan fingerprint density at radius 1 is 1.27 bits per heavy atom. The predicted molar refractivity (Wildman–Crippen MR) is 91.3 cm³/mol. The number of carbonyl (C=O) groups is 1. The SMILES string of the molecule is CCc1ccc(/C(C)=N/NC(=O)C2CC2c2ccccc2)s1. The minimum Gasteiger partial charge on any atom is -0.273 e. The lowest BCUT2D eigenvalue weighted by Gasteiger charge is -2.01. The molecule has 0 aliphatic heterocycles. The van der Waals surface area contributed by atoms with Crippen molar-refractivity contribution < 1.29 is 4.79 Å². The molecular formula is C18H20N2OS. The highest BCUT2D eigenvalue weighted by Gasteiger charge is 2.43. The lowest BCUT2D eigenvalue weighted by Crippen LogP contribution is -2.21. The topological polar surface area (TPSA) is 41.5 Å². The predicted octanol–water partition coefficient (Wildman–Crippen LogP) is 3.95. The normalized spacial score (nSPS) is 20.7. The van der Waals surface area contributed by atoms with Crippen molar-refractivity contribution in [2.75, 3.05) is 0 Å². The maximum atomic E-state index is 12.2. The molecule has 2 atom stereocenters. The number of benzene rings is 1. The van der Waals surface area contributed by atoms with Gasteiger partial charge in [0.2, 0.25) is 5.91 Å². The van der Waals surface area contributed by atoms with Gasteiger partial charge in [-0.1, -0.05) is 37.3 Å². The summed E-state index contributed by atoms with van der Waals surface area (Å²) < 4.78 is 0. The van der Waals surface area contributed by atoms with Gasteiger partial charge in [-0.25, -0.2) is 5.43 Å². The molecule has 0 saturated heterocycles. The van der Waals surface area contributed by atoms with Crippen LogP contribution in [-0.2, 0) is 11.2 Å². The summed E-state index contributed by atoms with van der Waals surface area (Å²) >= 11 is 1.73. The van der Waals surface area contributed by atoms with Crippen LogP contribution in [0.15, 0.2) is 47.6 Å². The smallest absolute Gasteiger partial charge is 0.243 e. The van der Waals surface area contributed by atoms with Crippen LogP contribution in [0.3, 0.4) is 0 Å². The Morgan fingerprint density at radius 2 is 2.05 bits per heavy atom. The zero-order valence-electron chi connectivity index (χ0n) is 12.9. The highest BCUT2D eigenvalue weighted by atomic mass is 32.1. The first kappa shape index (κ1) is 15.0. The van der Waals surface area contributed by atoms with E-state index in [1.165, 1.54) is 10.4 Å². The van der Waals surface area contributed by atoms with E-state index < -0.39 is 0 Å². The van der Waals surface area contributed by atoms with Crippen LogP contribution in [0.2, 0.25) is 0 Å². The van der Waals surface area contributed by atoms with E-state index in [0.717, 1.165) is 23.4 Å². The highest BCUT2D eigenvalue weighted by Crippen LogP contribution is 2.47. The van der Waals surface area contributed by atoms with Gasteiger partial charge < -0.3 is 0 Å². The van der Waals surface area contributed by atoms with E-state index in [4.69, 9.17) is 0 Å². The molecule has 1 aliphatic carbocycles. The summed E-state index contributed by atoms with van der Waals surface area (Å²) in [6.07, 6.45) is 1.95. The molecule has 0 bridgehead atoms. The minimum absolute atomic E-state index is 0.0282. The first-order valence-electron chi connectivity index (χ1n) is 7.67. The second kappa shape index (κ2) is 6.44. The third kappa shape index (κ3) is 3.28. The van der Waals surface area contributed by atoms with Crippen LogP contribution >= 0.6 is 11.3 Å². The number of nitrogens with one attached hydrogen (secondary N) is 1. The van der Waals surface area contributed by atoms with Gasteiger partial charge in [-0.2, -0.15) is 5.10 Å². The van der Waals surface area contributed by atoms with Crippen molar-refractivity contribution in [3.63, 3.8) is 0 Å². The van der Waals surface area contributed by atoms with Crippen molar-refractivity contribution in [1.29, 1.82) is 0 Å². The average molecular weight is 312 g/mol. The van der Waals surface area contributed by atoms with Crippen LogP contribution in [0.25, 0.3) is 0 Å². The van der Waals surface area contributed by atoms with Gasteiger partial charge in [0.1, 0.15) is 0 Å². The Hall–Kier alpha value is -1.94. The monoisotopic (exact) mass is 312 g/mol. The van der Waals surface area contributed by atoms with Crippen molar-refractivity contribution in [1.82, 2.24) is 5.43 Å². The van der Waals surface area contributed by atoms with E-state index in [1.807, 2.05) is 25.1 Å². The van der Waals surface area contributed by atoms with Gasteiger partial charge in [-0.15, -0.1) is 11.3 Å². The zero-order valence-corrected chi connectivity index (χ0v) is 13.7. The lowest BCUT2D eigenvalue weighted by atomic mass is 10.1. The molecule has 0 spiro atoms. The molecule has 1 aromatic heterocycles. The van der Waals surface area contributed by atoms with E-state index in [0.29, 0.717) is 5.92 Å². The molecule has 1 fully saturated rings. The number of amides is 1. The van der Waals surface area contributed by atoms with Crippen LogP contribution in [0.1, 0.15) is 41.5 Å². The summed E-state index contributed by atoms with van der Waals surface area (Å²) in [5.41, 5.74) is 4.84. The molecule has 1 N–H and O–H groups in total. The Kier molecular flexibility index (Phi) is 4.39. The van der Waals surface area contributed by atoms with Crippen molar-refractivity contribution in [2.24, 2.45) is 11.0 Å². The van der Waals surface area contributed by atoms with E-state index >= 15 is 0 Å². The molecule has 4 heteroatoms. The second-order valence-corrected chi connectivity index (χ2v) is 6.82. The summed E-state index contributed by atoms with van der Waals surface area (Å²) in [4.78, 5) is 14.6. The van der Waals surface area contributed by atoms with Gasteiger partial charge in [0.15, 0.2) is 0 Å². The Bertz CT molecular complexity index is 690. The summed E-state index contributed by atoms with van der Waals surface area (Å²) in [6, 6.07) is 14.4. The number of hydrogen-bond acceptors (Lipinski definition) is 3. The summed E-state index contributed by atoms with van der Waals surface area (Å²) in [5, 5.41) is 4.26. The molecule has 114 valence electrons. The van der Waals surface area contributed by atoms with E-state index in [-0.39, 0.29) is 11.8 Å². The Morgan fingerprint density at radius 3 is 2.73 bits per heavy atom. The quantitative estimate of drug-likeness (QED) is 0.659. The summed E-state index contributed by atoms with van der Waals surface area (Å²) in [5.74, 6) is 0.444. The number of nitrogens with zero attached hydrogens (tertiary/aromatic N) is 1. The van der Waals surface area contributed by atoms with Gasteiger partial charge in [-0.3, -0.25) is 4.79 Å². The van der Waals surface area contributed by atoms with Crippen LogP contribution < -0.4 is 5.43 Å². The number of hydrogen-bond donors (Lipinski definition) is 1. The fraction of sp³-hybridized carbons (Fsp3) is 0.333.